The fraction of sp³-hybridized carbons (Fsp3) is 1.00. The molecule has 15 heavy (non-hydrogen) atoms. The van der Waals surface area contributed by atoms with E-state index < -0.39 is 38.0 Å². The standard InChI is InChI=1S/C6H11F2O6P/c7-6(8,15(11,12)13)1-4-5(10)3(9)2-14-4/h3-5,9-10H,1-2H2,(H2,11,12,13)/t3-,4+,5-/m0/s1. The van der Waals surface area contributed by atoms with E-state index in [1.54, 1.807) is 0 Å². The van der Waals surface area contributed by atoms with Gasteiger partial charge in [-0.2, -0.15) is 8.78 Å². The van der Waals surface area contributed by atoms with Gasteiger partial charge in [0, 0.05) is 0 Å². The molecule has 1 fully saturated rings. The Morgan fingerprint density at radius 3 is 2.27 bits per heavy atom. The molecule has 4 N–H and O–H groups in total. The van der Waals surface area contributed by atoms with E-state index in [4.69, 9.17) is 20.0 Å². The fourth-order valence-electron chi connectivity index (χ4n) is 1.21. The Balaban J connectivity index is 2.67. The van der Waals surface area contributed by atoms with E-state index in [-0.39, 0.29) is 6.61 Å². The van der Waals surface area contributed by atoms with Crippen LogP contribution in [-0.4, -0.2) is 50.6 Å². The van der Waals surface area contributed by atoms with E-state index in [0.717, 1.165) is 0 Å². The van der Waals surface area contributed by atoms with Crippen molar-refractivity contribution in [3.05, 3.63) is 0 Å². The van der Waals surface area contributed by atoms with Crippen molar-refractivity contribution >= 4 is 7.60 Å². The summed E-state index contributed by atoms with van der Waals surface area (Å²) in [5.41, 5.74) is -4.26. The first-order chi connectivity index (χ1) is 6.65. The molecule has 0 bridgehead atoms. The first-order valence-electron chi connectivity index (χ1n) is 4.06. The van der Waals surface area contributed by atoms with Crippen molar-refractivity contribution in [1.29, 1.82) is 0 Å². The molecule has 0 aromatic heterocycles. The highest BCUT2D eigenvalue weighted by Gasteiger charge is 2.53. The number of hydrogen-bond donors (Lipinski definition) is 4. The summed E-state index contributed by atoms with van der Waals surface area (Å²) in [5, 5.41) is 18.1. The van der Waals surface area contributed by atoms with E-state index in [1.807, 2.05) is 0 Å². The minimum Gasteiger partial charge on any atom is -0.388 e. The van der Waals surface area contributed by atoms with Crippen LogP contribution in [0.4, 0.5) is 8.78 Å². The Kier molecular flexibility index (Phi) is 3.49. The summed E-state index contributed by atoms with van der Waals surface area (Å²) < 4.78 is 40.7. The third kappa shape index (κ3) is 2.72. The lowest BCUT2D eigenvalue weighted by Crippen LogP contribution is -2.34. The second-order valence-corrected chi connectivity index (χ2v) is 5.09. The van der Waals surface area contributed by atoms with Gasteiger partial charge in [-0.25, -0.2) is 0 Å². The third-order valence-corrected chi connectivity index (χ3v) is 3.16. The molecule has 0 unspecified atom stereocenters. The molecule has 0 aliphatic carbocycles. The molecule has 1 rings (SSSR count). The van der Waals surface area contributed by atoms with Crippen LogP contribution in [0, 0.1) is 0 Å². The zero-order valence-corrected chi connectivity index (χ0v) is 8.35. The lowest BCUT2D eigenvalue weighted by molar-refractivity contribution is -0.0390. The summed E-state index contributed by atoms with van der Waals surface area (Å²) in [4.78, 5) is 16.6. The highest BCUT2D eigenvalue weighted by Crippen LogP contribution is 2.55. The van der Waals surface area contributed by atoms with Crippen LogP contribution in [0.25, 0.3) is 0 Å². The molecular formula is C6H11F2O6P. The second-order valence-electron chi connectivity index (χ2n) is 3.34. The van der Waals surface area contributed by atoms with Gasteiger partial charge in [-0.3, -0.25) is 4.57 Å². The summed E-state index contributed by atoms with van der Waals surface area (Å²) in [6.07, 6.45) is -5.65. The molecular weight excluding hydrogens is 237 g/mol. The molecule has 90 valence electrons. The van der Waals surface area contributed by atoms with Crippen LogP contribution in [0.2, 0.25) is 0 Å². The molecule has 0 amide bonds. The van der Waals surface area contributed by atoms with Gasteiger partial charge >= 0.3 is 13.3 Å². The third-order valence-electron chi connectivity index (χ3n) is 2.13. The van der Waals surface area contributed by atoms with E-state index in [0.29, 0.717) is 0 Å². The number of hydrogen-bond acceptors (Lipinski definition) is 4. The minimum atomic E-state index is -5.57. The zero-order valence-electron chi connectivity index (χ0n) is 7.45. The maximum atomic E-state index is 12.8. The van der Waals surface area contributed by atoms with E-state index in [1.165, 1.54) is 0 Å². The van der Waals surface area contributed by atoms with Crippen molar-refractivity contribution in [2.75, 3.05) is 6.61 Å². The first-order valence-corrected chi connectivity index (χ1v) is 5.67. The number of aliphatic hydroxyl groups is 2. The van der Waals surface area contributed by atoms with Gasteiger partial charge in [0.05, 0.1) is 19.1 Å². The lowest BCUT2D eigenvalue weighted by Gasteiger charge is -2.22. The second kappa shape index (κ2) is 4.04. The molecule has 3 atom stereocenters. The number of ether oxygens (including phenoxy) is 1. The number of halogens is 2. The van der Waals surface area contributed by atoms with Gasteiger partial charge in [-0.15, -0.1) is 0 Å². The molecule has 0 saturated carbocycles. The molecule has 0 spiro atoms. The number of aliphatic hydroxyl groups excluding tert-OH is 2. The average Bonchev–Trinajstić information content (AvgIpc) is 2.33. The smallest absolute Gasteiger partial charge is 0.388 e. The quantitative estimate of drug-likeness (QED) is 0.490. The van der Waals surface area contributed by atoms with Crippen LogP contribution in [0.3, 0.4) is 0 Å². The van der Waals surface area contributed by atoms with Crippen molar-refractivity contribution in [2.24, 2.45) is 0 Å². The van der Waals surface area contributed by atoms with Crippen molar-refractivity contribution < 1.29 is 38.1 Å². The Labute approximate surface area is 83.6 Å². The topological polar surface area (TPSA) is 107 Å². The van der Waals surface area contributed by atoms with Gasteiger partial charge in [0.25, 0.3) is 0 Å². The predicted octanol–water partition coefficient (Wildman–Crippen LogP) is -0.732. The first kappa shape index (κ1) is 13.0. The van der Waals surface area contributed by atoms with Crippen LogP contribution in [0.1, 0.15) is 6.42 Å². The largest absolute Gasteiger partial charge is 0.394 e. The summed E-state index contributed by atoms with van der Waals surface area (Å²) >= 11 is 0. The molecule has 6 nitrogen and oxygen atoms in total. The molecule has 1 heterocycles. The summed E-state index contributed by atoms with van der Waals surface area (Å²) in [6, 6.07) is 0. The van der Waals surface area contributed by atoms with E-state index in [2.05, 4.69) is 4.74 Å². The van der Waals surface area contributed by atoms with E-state index >= 15 is 0 Å². The lowest BCUT2D eigenvalue weighted by atomic mass is 10.1. The highest BCUT2D eigenvalue weighted by atomic mass is 31.2. The van der Waals surface area contributed by atoms with Crippen LogP contribution >= 0.6 is 7.60 Å². The van der Waals surface area contributed by atoms with Crippen molar-refractivity contribution in [3.63, 3.8) is 0 Å². The predicted molar refractivity (Wildman–Crippen MR) is 43.4 cm³/mol. The monoisotopic (exact) mass is 248 g/mol. The molecule has 1 saturated heterocycles. The van der Waals surface area contributed by atoms with Gasteiger partial charge in [0.1, 0.15) is 12.2 Å². The van der Waals surface area contributed by atoms with Gasteiger partial charge in [0.15, 0.2) is 0 Å². The normalized spacial score (nSPS) is 33.3. The number of alkyl halides is 2. The Morgan fingerprint density at radius 2 is 1.93 bits per heavy atom. The van der Waals surface area contributed by atoms with Crippen molar-refractivity contribution in [2.45, 2.75) is 30.4 Å². The summed E-state index contributed by atoms with van der Waals surface area (Å²) in [7, 11) is -5.57. The molecule has 1 aliphatic rings. The zero-order chi connectivity index (χ0) is 11.9. The molecule has 0 radical (unpaired) electrons. The molecule has 1 aliphatic heterocycles. The van der Waals surface area contributed by atoms with Gasteiger partial charge in [0.2, 0.25) is 0 Å². The van der Waals surface area contributed by atoms with Crippen molar-refractivity contribution in [3.8, 4) is 0 Å². The van der Waals surface area contributed by atoms with E-state index in [9.17, 15) is 13.3 Å². The summed E-state index contributed by atoms with van der Waals surface area (Å²) in [6.45, 7) is -0.330. The Bertz CT molecular complexity index is 279. The molecule has 0 aromatic carbocycles. The SMILES string of the molecule is O=P(O)(O)C(F)(F)C[C@H]1OC[C@H](O)[C@@H]1O. The molecule has 9 heteroatoms. The van der Waals surface area contributed by atoms with Crippen molar-refractivity contribution in [1.82, 2.24) is 0 Å². The summed E-state index contributed by atoms with van der Waals surface area (Å²) in [5.74, 6) is 0. The maximum absolute atomic E-state index is 12.8. The Morgan fingerprint density at radius 1 is 1.40 bits per heavy atom. The molecule has 0 aromatic rings. The number of rotatable bonds is 3. The average molecular weight is 248 g/mol. The van der Waals surface area contributed by atoms with Crippen LogP contribution < -0.4 is 0 Å². The maximum Gasteiger partial charge on any atom is 0.394 e. The van der Waals surface area contributed by atoms with Gasteiger partial charge in [-0.1, -0.05) is 0 Å². The highest BCUT2D eigenvalue weighted by molar-refractivity contribution is 7.53. The Hall–Kier alpha value is -0.110. The minimum absolute atomic E-state index is 0.330. The van der Waals surface area contributed by atoms with Crippen LogP contribution in [0.5, 0.6) is 0 Å². The van der Waals surface area contributed by atoms with Gasteiger partial charge in [-0.05, 0) is 0 Å². The van der Waals surface area contributed by atoms with Crippen LogP contribution in [-0.2, 0) is 9.30 Å². The van der Waals surface area contributed by atoms with Crippen LogP contribution in [0.15, 0.2) is 0 Å². The fourth-order valence-corrected chi connectivity index (χ4v) is 1.63. The van der Waals surface area contributed by atoms with Gasteiger partial charge < -0.3 is 24.7 Å².